The highest BCUT2D eigenvalue weighted by atomic mass is 35.5. The lowest BCUT2D eigenvalue weighted by atomic mass is 10.2. The van der Waals surface area contributed by atoms with Crippen LogP contribution in [0.25, 0.3) is 11.4 Å². The molecule has 0 atom stereocenters. The van der Waals surface area contributed by atoms with Gasteiger partial charge in [-0.05, 0) is 25.0 Å². The maximum atomic E-state index is 6.18. The Morgan fingerprint density at radius 1 is 1.07 bits per heavy atom. The highest BCUT2D eigenvalue weighted by Crippen LogP contribution is 2.39. The lowest BCUT2D eigenvalue weighted by Gasteiger charge is -2.10. The number of hydrogen-bond acceptors (Lipinski definition) is 7. The van der Waals surface area contributed by atoms with E-state index in [2.05, 4.69) is 24.9 Å². The third kappa shape index (κ3) is 4.20. The van der Waals surface area contributed by atoms with E-state index in [0.717, 1.165) is 29.4 Å². The lowest BCUT2D eigenvalue weighted by Crippen LogP contribution is -2.07. The third-order valence-corrected chi connectivity index (χ3v) is 5.91. The van der Waals surface area contributed by atoms with Crippen LogP contribution in [0.15, 0.2) is 64.3 Å². The number of ether oxygens (including phenoxy) is 1. The van der Waals surface area contributed by atoms with Gasteiger partial charge in [-0.15, -0.1) is 10.2 Å². The van der Waals surface area contributed by atoms with Crippen molar-refractivity contribution in [2.75, 3.05) is 0 Å². The molecule has 1 aliphatic carbocycles. The minimum Gasteiger partial charge on any atom is -0.484 e. The summed E-state index contributed by atoms with van der Waals surface area (Å²) in [5.74, 6) is 3.09. The predicted molar refractivity (Wildman–Crippen MR) is 113 cm³/mol. The van der Waals surface area contributed by atoms with Gasteiger partial charge in [0.2, 0.25) is 11.7 Å². The van der Waals surface area contributed by atoms with Gasteiger partial charge in [0.05, 0.1) is 10.8 Å². The SMILES string of the molecule is Clc1ccccc1OCc1nnc(SCc2nc(-c3ccccc3)no2)n1C1CC1. The maximum absolute atomic E-state index is 6.18. The fourth-order valence-corrected chi connectivity index (χ4v) is 4.10. The van der Waals surface area contributed by atoms with E-state index >= 15 is 0 Å². The number of para-hydroxylation sites is 1. The second-order valence-corrected chi connectivity index (χ2v) is 8.24. The second kappa shape index (κ2) is 8.49. The van der Waals surface area contributed by atoms with Gasteiger partial charge in [0, 0.05) is 11.6 Å². The van der Waals surface area contributed by atoms with Crippen molar-refractivity contribution in [3.05, 3.63) is 71.3 Å². The first kappa shape index (κ1) is 19.1. The monoisotopic (exact) mass is 439 g/mol. The van der Waals surface area contributed by atoms with Gasteiger partial charge in [0.15, 0.2) is 11.0 Å². The van der Waals surface area contributed by atoms with Crippen LogP contribution in [-0.2, 0) is 12.4 Å². The average Bonchev–Trinajstić information content (AvgIpc) is 3.36. The van der Waals surface area contributed by atoms with Crippen molar-refractivity contribution < 1.29 is 9.26 Å². The molecule has 152 valence electrons. The largest absolute Gasteiger partial charge is 0.484 e. The summed E-state index contributed by atoms with van der Waals surface area (Å²) in [6.07, 6.45) is 2.23. The van der Waals surface area contributed by atoms with E-state index in [1.54, 1.807) is 6.07 Å². The molecular weight excluding hydrogens is 422 g/mol. The van der Waals surface area contributed by atoms with Crippen LogP contribution < -0.4 is 4.74 Å². The number of thioether (sulfide) groups is 1. The van der Waals surface area contributed by atoms with Crippen molar-refractivity contribution in [2.45, 2.75) is 36.4 Å². The number of aromatic nitrogens is 5. The molecule has 9 heteroatoms. The van der Waals surface area contributed by atoms with Crippen molar-refractivity contribution in [3.63, 3.8) is 0 Å². The molecular formula is C21H18ClN5O2S. The number of hydrogen-bond donors (Lipinski definition) is 0. The molecule has 2 aromatic carbocycles. The fourth-order valence-electron chi connectivity index (χ4n) is 3.05. The zero-order chi connectivity index (χ0) is 20.3. The molecule has 7 nitrogen and oxygen atoms in total. The lowest BCUT2D eigenvalue weighted by molar-refractivity contribution is 0.288. The molecule has 4 aromatic rings. The number of nitrogens with zero attached hydrogens (tertiary/aromatic N) is 5. The molecule has 0 aliphatic heterocycles. The van der Waals surface area contributed by atoms with E-state index in [9.17, 15) is 0 Å². The summed E-state index contributed by atoms with van der Waals surface area (Å²) in [5.41, 5.74) is 0.928. The zero-order valence-electron chi connectivity index (χ0n) is 15.9. The van der Waals surface area contributed by atoms with Crippen molar-refractivity contribution in [1.82, 2.24) is 24.9 Å². The fraction of sp³-hybridized carbons (Fsp3) is 0.238. The summed E-state index contributed by atoms with van der Waals surface area (Å²) in [5, 5.41) is 14.2. The molecule has 0 saturated heterocycles. The quantitative estimate of drug-likeness (QED) is 0.349. The van der Waals surface area contributed by atoms with Crippen molar-refractivity contribution in [2.24, 2.45) is 0 Å². The summed E-state index contributed by atoms with van der Waals surface area (Å²) >= 11 is 7.71. The Morgan fingerprint density at radius 2 is 1.87 bits per heavy atom. The minimum absolute atomic E-state index is 0.312. The first-order valence-electron chi connectivity index (χ1n) is 9.60. The average molecular weight is 440 g/mol. The molecule has 0 N–H and O–H groups in total. The molecule has 0 spiro atoms. The van der Waals surface area contributed by atoms with Gasteiger partial charge < -0.3 is 9.26 Å². The van der Waals surface area contributed by atoms with Crippen LogP contribution in [0.3, 0.4) is 0 Å². The molecule has 0 unspecified atom stereocenters. The van der Waals surface area contributed by atoms with Gasteiger partial charge in [-0.2, -0.15) is 4.98 Å². The Hall–Kier alpha value is -2.84. The smallest absolute Gasteiger partial charge is 0.237 e. The Labute approximate surface area is 182 Å². The van der Waals surface area contributed by atoms with Gasteiger partial charge >= 0.3 is 0 Å². The van der Waals surface area contributed by atoms with Crippen molar-refractivity contribution in [3.8, 4) is 17.1 Å². The van der Waals surface area contributed by atoms with Crippen LogP contribution in [0, 0.1) is 0 Å². The second-order valence-electron chi connectivity index (χ2n) is 6.89. The summed E-state index contributed by atoms with van der Waals surface area (Å²) in [7, 11) is 0. The van der Waals surface area contributed by atoms with E-state index in [4.69, 9.17) is 20.9 Å². The van der Waals surface area contributed by atoms with Crippen LogP contribution in [0.4, 0.5) is 0 Å². The van der Waals surface area contributed by atoms with E-state index in [1.165, 1.54) is 11.8 Å². The molecule has 1 fully saturated rings. The first-order valence-corrected chi connectivity index (χ1v) is 11.0. The molecule has 0 amide bonds. The van der Waals surface area contributed by atoms with Crippen LogP contribution in [-0.4, -0.2) is 24.9 Å². The first-order chi connectivity index (χ1) is 14.8. The Bertz CT molecular complexity index is 1140. The van der Waals surface area contributed by atoms with Crippen LogP contribution in [0.5, 0.6) is 5.75 Å². The molecule has 1 aliphatic rings. The van der Waals surface area contributed by atoms with Crippen molar-refractivity contribution in [1.29, 1.82) is 0 Å². The summed E-state index contributed by atoms with van der Waals surface area (Å²) in [6.45, 7) is 0.312. The Kier molecular flexibility index (Phi) is 5.42. The van der Waals surface area contributed by atoms with Crippen LogP contribution >= 0.6 is 23.4 Å². The zero-order valence-corrected chi connectivity index (χ0v) is 17.5. The van der Waals surface area contributed by atoms with E-state index in [-0.39, 0.29) is 0 Å². The summed E-state index contributed by atoms with van der Waals surface area (Å²) in [4.78, 5) is 4.48. The standard InChI is InChI=1S/C21H18ClN5O2S/c22-16-8-4-5-9-17(16)28-12-18-24-25-21(27(18)15-10-11-15)30-13-19-23-20(26-29-19)14-6-2-1-3-7-14/h1-9,15H,10-13H2. The maximum Gasteiger partial charge on any atom is 0.237 e. The summed E-state index contributed by atoms with van der Waals surface area (Å²) < 4.78 is 13.4. The molecule has 0 bridgehead atoms. The predicted octanol–water partition coefficient (Wildman–Crippen LogP) is 5.19. The van der Waals surface area contributed by atoms with Gasteiger partial charge in [-0.25, -0.2) is 0 Å². The van der Waals surface area contributed by atoms with Gasteiger partial charge in [-0.3, -0.25) is 4.57 Å². The number of benzene rings is 2. The number of rotatable bonds is 8. The highest BCUT2D eigenvalue weighted by molar-refractivity contribution is 7.98. The van der Waals surface area contributed by atoms with Gasteiger partial charge in [0.1, 0.15) is 12.4 Å². The Balaban J connectivity index is 1.27. The molecule has 1 saturated carbocycles. The third-order valence-electron chi connectivity index (χ3n) is 4.67. The summed E-state index contributed by atoms with van der Waals surface area (Å²) in [6, 6.07) is 17.6. The Morgan fingerprint density at radius 3 is 2.67 bits per heavy atom. The topological polar surface area (TPSA) is 78.9 Å². The molecule has 2 heterocycles. The van der Waals surface area contributed by atoms with E-state index in [0.29, 0.717) is 40.9 Å². The van der Waals surface area contributed by atoms with Crippen LogP contribution in [0.2, 0.25) is 5.02 Å². The number of halogens is 1. The normalized spacial score (nSPS) is 13.5. The minimum atomic E-state index is 0.312. The van der Waals surface area contributed by atoms with E-state index < -0.39 is 0 Å². The van der Waals surface area contributed by atoms with E-state index in [1.807, 2.05) is 48.5 Å². The molecule has 0 radical (unpaired) electrons. The van der Waals surface area contributed by atoms with Crippen LogP contribution in [0.1, 0.15) is 30.6 Å². The molecule has 5 rings (SSSR count). The van der Waals surface area contributed by atoms with Gasteiger partial charge in [-0.1, -0.05) is 71.0 Å². The molecule has 30 heavy (non-hydrogen) atoms. The van der Waals surface area contributed by atoms with Gasteiger partial charge in [0.25, 0.3) is 0 Å². The highest BCUT2D eigenvalue weighted by Gasteiger charge is 2.30. The van der Waals surface area contributed by atoms with Crippen molar-refractivity contribution >= 4 is 23.4 Å². The molecule has 2 aromatic heterocycles.